The monoisotopic (exact) mass is 194 g/mol. The summed E-state index contributed by atoms with van der Waals surface area (Å²) in [7, 11) is 0. The second-order valence-corrected chi connectivity index (χ2v) is 3.77. The van der Waals surface area contributed by atoms with Crippen LogP contribution in [0.25, 0.3) is 0 Å². The molecule has 1 aromatic carbocycles. The third-order valence-corrected chi connectivity index (χ3v) is 2.71. The van der Waals surface area contributed by atoms with Gasteiger partial charge in [-0.25, -0.2) is 0 Å². The number of benzene rings is 1. The molecule has 1 aromatic rings. The van der Waals surface area contributed by atoms with Crippen LogP contribution >= 0.6 is 0 Å². The summed E-state index contributed by atoms with van der Waals surface area (Å²) in [6, 6.07) is 1.61. The van der Waals surface area contributed by atoms with Gasteiger partial charge in [0.15, 0.2) is 11.5 Å². The molecule has 0 spiro atoms. The molecule has 0 atom stereocenters. The van der Waals surface area contributed by atoms with Crippen LogP contribution in [0.1, 0.15) is 36.5 Å². The highest BCUT2D eigenvalue weighted by Crippen LogP contribution is 2.34. The third-order valence-electron chi connectivity index (χ3n) is 2.71. The fourth-order valence-electron chi connectivity index (χ4n) is 1.61. The van der Waals surface area contributed by atoms with Gasteiger partial charge in [-0.1, -0.05) is 13.3 Å². The number of aromatic hydroxyl groups is 2. The van der Waals surface area contributed by atoms with E-state index >= 15 is 0 Å². The largest absolute Gasteiger partial charge is 0.504 e. The first-order chi connectivity index (χ1) is 6.57. The number of hydrogen-bond donors (Lipinski definition) is 2. The molecule has 0 amide bonds. The molecule has 0 bridgehead atoms. The molecule has 0 saturated carbocycles. The van der Waals surface area contributed by atoms with Crippen LogP contribution in [-0.2, 0) is 6.42 Å². The Balaban J connectivity index is 3.11. The Bertz CT molecular complexity index is 303. The molecule has 0 saturated heterocycles. The average Bonchev–Trinajstić information content (AvgIpc) is 2.15. The molecule has 78 valence electrons. The van der Waals surface area contributed by atoms with Crippen LogP contribution in [0.2, 0.25) is 0 Å². The Labute approximate surface area is 85.2 Å². The molecule has 0 aliphatic heterocycles. The van der Waals surface area contributed by atoms with E-state index in [0.29, 0.717) is 0 Å². The number of aryl methyl sites for hydroxylation is 1. The number of hydrogen-bond acceptors (Lipinski definition) is 2. The highest BCUT2D eigenvalue weighted by atomic mass is 16.3. The van der Waals surface area contributed by atoms with E-state index in [1.807, 2.05) is 13.8 Å². The Morgan fingerprint density at radius 2 is 1.86 bits per heavy atom. The first kappa shape index (κ1) is 10.9. The molecule has 0 heterocycles. The molecule has 0 aromatic heterocycles. The quantitative estimate of drug-likeness (QED) is 0.726. The van der Waals surface area contributed by atoms with Crippen molar-refractivity contribution in [2.24, 2.45) is 0 Å². The SMILES string of the molecule is CCCCc1c(C)c(C)cc(O)c1O. The Kier molecular flexibility index (Phi) is 3.39. The molecule has 0 aliphatic carbocycles. The Morgan fingerprint density at radius 1 is 1.21 bits per heavy atom. The van der Waals surface area contributed by atoms with Gasteiger partial charge in [0.25, 0.3) is 0 Å². The minimum absolute atomic E-state index is 0.000738. The number of unbranched alkanes of at least 4 members (excludes halogenated alkanes) is 1. The first-order valence-corrected chi connectivity index (χ1v) is 5.09. The van der Waals surface area contributed by atoms with E-state index in [2.05, 4.69) is 6.92 Å². The molecule has 0 aliphatic rings. The standard InChI is InChI=1S/C12H18O2/c1-4-5-6-10-9(3)8(2)7-11(13)12(10)14/h7,13-14H,4-6H2,1-3H3. The fraction of sp³-hybridized carbons (Fsp3) is 0.500. The Hall–Kier alpha value is -1.18. The Morgan fingerprint density at radius 3 is 2.43 bits per heavy atom. The summed E-state index contributed by atoms with van der Waals surface area (Å²) in [4.78, 5) is 0. The predicted octanol–water partition coefficient (Wildman–Crippen LogP) is 3.06. The van der Waals surface area contributed by atoms with Crippen LogP contribution in [0.3, 0.4) is 0 Å². The zero-order valence-corrected chi connectivity index (χ0v) is 9.09. The minimum Gasteiger partial charge on any atom is -0.504 e. The zero-order chi connectivity index (χ0) is 10.7. The zero-order valence-electron chi connectivity index (χ0n) is 9.09. The molecule has 0 fully saturated rings. The van der Waals surface area contributed by atoms with Gasteiger partial charge in [0.05, 0.1) is 0 Å². The minimum atomic E-state index is -0.000738. The van der Waals surface area contributed by atoms with Gasteiger partial charge in [0.2, 0.25) is 0 Å². The van der Waals surface area contributed by atoms with Crippen molar-refractivity contribution in [2.45, 2.75) is 40.0 Å². The number of phenolic OH excluding ortho intramolecular Hbond substituents is 2. The van der Waals surface area contributed by atoms with E-state index in [9.17, 15) is 10.2 Å². The van der Waals surface area contributed by atoms with E-state index in [-0.39, 0.29) is 11.5 Å². The van der Waals surface area contributed by atoms with Crippen LogP contribution in [0.4, 0.5) is 0 Å². The van der Waals surface area contributed by atoms with E-state index < -0.39 is 0 Å². The highest BCUT2D eigenvalue weighted by molar-refractivity contribution is 5.52. The fourth-order valence-corrected chi connectivity index (χ4v) is 1.61. The van der Waals surface area contributed by atoms with Crippen molar-refractivity contribution in [2.75, 3.05) is 0 Å². The smallest absolute Gasteiger partial charge is 0.160 e. The van der Waals surface area contributed by atoms with Gasteiger partial charge >= 0.3 is 0 Å². The van der Waals surface area contributed by atoms with Crippen LogP contribution in [0, 0.1) is 13.8 Å². The van der Waals surface area contributed by atoms with Crippen molar-refractivity contribution in [3.05, 3.63) is 22.8 Å². The van der Waals surface area contributed by atoms with Crippen LogP contribution in [0.15, 0.2) is 6.07 Å². The molecule has 2 nitrogen and oxygen atoms in total. The molecular formula is C12H18O2. The summed E-state index contributed by atoms with van der Waals surface area (Å²) in [6.45, 7) is 6.05. The number of rotatable bonds is 3. The lowest BCUT2D eigenvalue weighted by atomic mass is 9.97. The van der Waals surface area contributed by atoms with Crippen molar-refractivity contribution < 1.29 is 10.2 Å². The molecule has 14 heavy (non-hydrogen) atoms. The van der Waals surface area contributed by atoms with Crippen LogP contribution < -0.4 is 0 Å². The topological polar surface area (TPSA) is 40.5 Å². The van der Waals surface area contributed by atoms with E-state index in [0.717, 1.165) is 36.0 Å². The van der Waals surface area contributed by atoms with E-state index in [1.54, 1.807) is 6.07 Å². The van der Waals surface area contributed by atoms with Gasteiger partial charge in [-0.15, -0.1) is 0 Å². The van der Waals surface area contributed by atoms with Crippen LogP contribution in [-0.4, -0.2) is 10.2 Å². The van der Waals surface area contributed by atoms with Crippen molar-refractivity contribution in [1.82, 2.24) is 0 Å². The highest BCUT2D eigenvalue weighted by Gasteiger charge is 2.11. The summed E-state index contributed by atoms with van der Waals surface area (Å²) < 4.78 is 0. The normalized spacial score (nSPS) is 10.5. The second kappa shape index (κ2) is 4.36. The van der Waals surface area contributed by atoms with Gasteiger partial charge in [0, 0.05) is 5.56 Å². The molecule has 2 heteroatoms. The molecule has 0 radical (unpaired) electrons. The van der Waals surface area contributed by atoms with Gasteiger partial charge < -0.3 is 10.2 Å². The summed E-state index contributed by atoms with van der Waals surface area (Å²) >= 11 is 0. The lowest BCUT2D eigenvalue weighted by Gasteiger charge is -2.12. The van der Waals surface area contributed by atoms with E-state index in [1.165, 1.54) is 0 Å². The summed E-state index contributed by atoms with van der Waals surface area (Å²) in [5.41, 5.74) is 3.02. The summed E-state index contributed by atoms with van der Waals surface area (Å²) in [5, 5.41) is 19.1. The molecular weight excluding hydrogens is 176 g/mol. The summed E-state index contributed by atoms with van der Waals surface area (Å²) in [5.74, 6) is 0.0563. The van der Waals surface area contributed by atoms with Gasteiger partial charge in [0.1, 0.15) is 0 Å². The van der Waals surface area contributed by atoms with Gasteiger partial charge in [-0.3, -0.25) is 0 Å². The third kappa shape index (κ3) is 2.00. The lowest BCUT2D eigenvalue weighted by Crippen LogP contribution is -1.94. The maximum Gasteiger partial charge on any atom is 0.160 e. The maximum absolute atomic E-state index is 9.68. The summed E-state index contributed by atoms with van der Waals surface area (Å²) in [6.07, 6.45) is 2.97. The molecule has 1 rings (SSSR count). The van der Waals surface area contributed by atoms with Crippen molar-refractivity contribution in [1.29, 1.82) is 0 Å². The maximum atomic E-state index is 9.68. The first-order valence-electron chi connectivity index (χ1n) is 5.09. The van der Waals surface area contributed by atoms with Crippen molar-refractivity contribution in [3.63, 3.8) is 0 Å². The van der Waals surface area contributed by atoms with Gasteiger partial charge in [-0.2, -0.15) is 0 Å². The van der Waals surface area contributed by atoms with Crippen LogP contribution in [0.5, 0.6) is 11.5 Å². The average molecular weight is 194 g/mol. The lowest BCUT2D eigenvalue weighted by molar-refractivity contribution is 0.398. The van der Waals surface area contributed by atoms with E-state index in [4.69, 9.17) is 0 Å². The second-order valence-electron chi connectivity index (χ2n) is 3.77. The van der Waals surface area contributed by atoms with Crippen molar-refractivity contribution in [3.8, 4) is 11.5 Å². The predicted molar refractivity (Wildman–Crippen MR) is 57.9 cm³/mol. The van der Waals surface area contributed by atoms with Gasteiger partial charge in [-0.05, 0) is 43.9 Å². The van der Waals surface area contributed by atoms with Crippen molar-refractivity contribution >= 4 is 0 Å². The molecule has 0 unspecified atom stereocenters. The molecule has 2 N–H and O–H groups in total. The number of phenols is 2.